The number of hydrogen-bond donors (Lipinski definition) is 1. The summed E-state index contributed by atoms with van der Waals surface area (Å²) in [6.45, 7) is 3.17. The molecule has 0 aromatic carbocycles. The van der Waals surface area contributed by atoms with Crippen molar-refractivity contribution in [3.63, 3.8) is 0 Å². The molecule has 0 saturated heterocycles. The quantitative estimate of drug-likeness (QED) is 0.831. The summed E-state index contributed by atoms with van der Waals surface area (Å²) in [6.07, 6.45) is 3.62. The van der Waals surface area contributed by atoms with E-state index in [0.29, 0.717) is 0 Å². The monoisotopic (exact) mass is 236 g/mol. The van der Waals surface area contributed by atoms with E-state index in [0.717, 1.165) is 40.5 Å². The summed E-state index contributed by atoms with van der Waals surface area (Å²) >= 11 is 5.39. The first-order valence-corrected chi connectivity index (χ1v) is 6.26. The Bertz CT molecular complexity index is 585. The van der Waals surface area contributed by atoms with Crippen LogP contribution in [0.15, 0.2) is 0 Å². The number of hydrogen-bond acceptors (Lipinski definition) is 2. The topological polar surface area (TPSA) is 38.5 Å². The van der Waals surface area contributed by atoms with Crippen LogP contribution in [0, 0.1) is 10.7 Å². The fraction of sp³-hybridized carbons (Fsp3) is 0.636. The molecule has 0 atom stereocenters. The van der Waals surface area contributed by atoms with Crippen molar-refractivity contribution in [1.29, 1.82) is 0 Å². The molecule has 0 amide bonds. The molecule has 0 spiro atoms. The van der Waals surface area contributed by atoms with Crippen LogP contribution < -0.4 is 0 Å². The number of aryl methyl sites for hydroxylation is 2. The third-order valence-corrected chi connectivity index (χ3v) is 3.62. The van der Waals surface area contributed by atoms with Gasteiger partial charge in [-0.1, -0.05) is 6.92 Å². The Labute approximate surface area is 99.3 Å². The van der Waals surface area contributed by atoms with Crippen LogP contribution in [-0.4, -0.2) is 19.3 Å². The summed E-state index contributed by atoms with van der Waals surface area (Å²) in [5.41, 5.74) is 3.38. The Kier molecular flexibility index (Phi) is 2.17. The second kappa shape index (κ2) is 3.45. The standard InChI is InChI=1S/C11H16N4S/c1-3-8-9-10(14(2)13-8)15(11(16)12-9)6-7-4-5-7/h7H,3-6H2,1-2H3,(H,12,16). The van der Waals surface area contributed by atoms with E-state index in [2.05, 4.69) is 21.6 Å². The van der Waals surface area contributed by atoms with Crippen LogP contribution in [0.3, 0.4) is 0 Å². The molecule has 4 nitrogen and oxygen atoms in total. The van der Waals surface area contributed by atoms with Crippen LogP contribution in [-0.2, 0) is 20.0 Å². The lowest BCUT2D eigenvalue weighted by atomic mass is 10.3. The number of nitrogens with one attached hydrogen (secondary N) is 1. The average molecular weight is 236 g/mol. The maximum atomic E-state index is 5.39. The van der Waals surface area contributed by atoms with Crippen molar-refractivity contribution >= 4 is 23.4 Å². The van der Waals surface area contributed by atoms with E-state index in [1.807, 2.05) is 11.7 Å². The van der Waals surface area contributed by atoms with Gasteiger partial charge < -0.3 is 9.55 Å². The first-order valence-electron chi connectivity index (χ1n) is 5.85. The molecule has 2 aromatic heterocycles. The van der Waals surface area contributed by atoms with Gasteiger partial charge in [-0.15, -0.1) is 0 Å². The third kappa shape index (κ3) is 1.42. The zero-order valence-electron chi connectivity index (χ0n) is 9.66. The highest BCUT2D eigenvalue weighted by molar-refractivity contribution is 7.71. The number of H-pyrrole nitrogens is 1. The van der Waals surface area contributed by atoms with Gasteiger partial charge in [-0.3, -0.25) is 4.68 Å². The lowest BCUT2D eigenvalue weighted by Gasteiger charge is -2.02. The van der Waals surface area contributed by atoms with Crippen molar-refractivity contribution in [2.24, 2.45) is 13.0 Å². The predicted octanol–water partition coefficient (Wildman–Crippen LogP) is 2.40. The molecule has 86 valence electrons. The molecule has 16 heavy (non-hydrogen) atoms. The van der Waals surface area contributed by atoms with Gasteiger partial charge in [0.1, 0.15) is 5.52 Å². The Balaban J connectivity index is 2.21. The molecule has 1 aliphatic rings. The van der Waals surface area contributed by atoms with E-state index >= 15 is 0 Å². The van der Waals surface area contributed by atoms with Gasteiger partial charge in [0.15, 0.2) is 10.4 Å². The maximum absolute atomic E-state index is 5.39. The van der Waals surface area contributed by atoms with Gasteiger partial charge >= 0.3 is 0 Å². The first-order chi connectivity index (χ1) is 7.70. The van der Waals surface area contributed by atoms with Crippen molar-refractivity contribution in [1.82, 2.24) is 19.3 Å². The minimum Gasteiger partial charge on any atom is -0.328 e. The van der Waals surface area contributed by atoms with Crippen LogP contribution in [0.25, 0.3) is 11.2 Å². The molecule has 0 radical (unpaired) electrons. The Morgan fingerprint density at radius 3 is 2.88 bits per heavy atom. The molecule has 0 bridgehead atoms. The van der Waals surface area contributed by atoms with Gasteiger partial charge in [0.2, 0.25) is 0 Å². The van der Waals surface area contributed by atoms with Gasteiger partial charge in [0.05, 0.1) is 5.69 Å². The zero-order valence-corrected chi connectivity index (χ0v) is 10.5. The largest absolute Gasteiger partial charge is 0.328 e. The van der Waals surface area contributed by atoms with E-state index in [1.165, 1.54) is 12.8 Å². The van der Waals surface area contributed by atoms with Gasteiger partial charge in [-0.25, -0.2) is 0 Å². The highest BCUT2D eigenvalue weighted by Gasteiger charge is 2.24. The van der Waals surface area contributed by atoms with E-state index in [9.17, 15) is 0 Å². The summed E-state index contributed by atoms with van der Waals surface area (Å²) in [5.74, 6) is 0.825. The number of fused-ring (bicyclic) bond motifs is 1. The predicted molar refractivity (Wildman–Crippen MR) is 66.0 cm³/mol. The molecule has 2 heterocycles. The summed E-state index contributed by atoms with van der Waals surface area (Å²) in [5, 5.41) is 4.52. The lowest BCUT2D eigenvalue weighted by molar-refractivity contribution is 0.612. The molecule has 0 unspecified atom stereocenters. The number of aromatic amines is 1. The minimum atomic E-state index is 0.825. The van der Waals surface area contributed by atoms with Crippen molar-refractivity contribution < 1.29 is 0 Å². The average Bonchev–Trinajstić information content (AvgIpc) is 2.94. The normalized spacial score (nSPS) is 16.1. The summed E-state index contributed by atoms with van der Waals surface area (Å²) in [6, 6.07) is 0. The fourth-order valence-electron chi connectivity index (χ4n) is 2.25. The molecule has 1 saturated carbocycles. The summed E-state index contributed by atoms with van der Waals surface area (Å²) in [7, 11) is 1.99. The maximum Gasteiger partial charge on any atom is 0.179 e. The third-order valence-electron chi connectivity index (χ3n) is 3.29. The molecule has 5 heteroatoms. The van der Waals surface area contributed by atoms with Crippen LogP contribution in [0.2, 0.25) is 0 Å². The minimum absolute atomic E-state index is 0.825. The van der Waals surface area contributed by atoms with Gasteiger partial charge in [0.25, 0.3) is 0 Å². The second-order valence-corrected chi connectivity index (χ2v) is 4.99. The molecule has 1 fully saturated rings. The number of aromatic nitrogens is 4. The smallest absolute Gasteiger partial charge is 0.179 e. The molecule has 1 aliphatic carbocycles. The number of imidazole rings is 1. The van der Waals surface area contributed by atoms with Crippen molar-refractivity contribution in [3.8, 4) is 0 Å². The Morgan fingerprint density at radius 1 is 1.50 bits per heavy atom. The summed E-state index contributed by atoms with van der Waals surface area (Å²) in [4.78, 5) is 3.30. The van der Waals surface area contributed by atoms with E-state index in [1.54, 1.807) is 0 Å². The molecule has 3 rings (SSSR count). The van der Waals surface area contributed by atoms with Crippen LogP contribution in [0.1, 0.15) is 25.5 Å². The number of nitrogens with zero attached hydrogens (tertiary/aromatic N) is 3. The van der Waals surface area contributed by atoms with E-state index in [-0.39, 0.29) is 0 Å². The summed E-state index contributed by atoms with van der Waals surface area (Å²) < 4.78 is 4.99. The first kappa shape index (κ1) is 10.1. The van der Waals surface area contributed by atoms with Crippen LogP contribution in [0.5, 0.6) is 0 Å². The van der Waals surface area contributed by atoms with Crippen LogP contribution in [0.4, 0.5) is 0 Å². The van der Waals surface area contributed by atoms with Crippen molar-refractivity contribution in [3.05, 3.63) is 10.5 Å². The fourth-order valence-corrected chi connectivity index (χ4v) is 2.52. The zero-order chi connectivity index (χ0) is 11.3. The SMILES string of the molecule is CCc1nn(C)c2c1[nH]c(=S)n2CC1CC1. The van der Waals surface area contributed by atoms with Crippen molar-refractivity contribution in [2.75, 3.05) is 0 Å². The van der Waals surface area contributed by atoms with Gasteiger partial charge in [-0.05, 0) is 37.4 Å². The lowest BCUT2D eigenvalue weighted by Crippen LogP contribution is -2.04. The molecule has 0 aliphatic heterocycles. The molecular weight excluding hydrogens is 220 g/mol. The molecule has 2 aromatic rings. The van der Waals surface area contributed by atoms with Gasteiger partial charge in [0, 0.05) is 13.6 Å². The molecule has 1 N–H and O–H groups in total. The van der Waals surface area contributed by atoms with E-state index < -0.39 is 0 Å². The van der Waals surface area contributed by atoms with Gasteiger partial charge in [-0.2, -0.15) is 5.10 Å². The highest BCUT2D eigenvalue weighted by atomic mass is 32.1. The Hall–Kier alpha value is -1.10. The number of rotatable bonds is 3. The van der Waals surface area contributed by atoms with Crippen molar-refractivity contribution in [2.45, 2.75) is 32.7 Å². The van der Waals surface area contributed by atoms with E-state index in [4.69, 9.17) is 12.2 Å². The molecular formula is C11H16N4S. The highest BCUT2D eigenvalue weighted by Crippen LogP contribution is 2.32. The van der Waals surface area contributed by atoms with Crippen LogP contribution >= 0.6 is 12.2 Å². The second-order valence-electron chi connectivity index (χ2n) is 4.61. The Morgan fingerprint density at radius 2 is 2.25 bits per heavy atom.